The van der Waals surface area contributed by atoms with E-state index in [1.54, 1.807) is 16.4 Å². The van der Waals surface area contributed by atoms with Crippen molar-refractivity contribution in [3.8, 4) is 17.2 Å². The van der Waals surface area contributed by atoms with E-state index in [-0.39, 0.29) is 5.91 Å². The second kappa shape index (κ2) is 13.9. The predicted molar refractivity (Wildman–Crippen MR) is 163 cm³/mol. The fourth-order valence-electron chi connectivity index (χ4n) is 4.38. The number of aromatic nitrogens is 3. The van der Waals surface area contributed by atoms with Crippen molar-refractivity contribution in [1.29, 1.82) is 0 Å². The number of nitrogens with zero attached hydrogens (tertiary/aromatic N) is 3. The number of rotatable bonds is 13. The molecule has 0 saturated heterocycles. The van der Waals surface area contributed by atoms with E-state index in [0.29, 0.717) is 65.1 Å². The number of allylic oxidation sites excluding steroid dienone is 1. The quantitative estimate of drug-likeness (QED) is 0.194. The second-order valence-electron chi connectivity index (χ2n) is 9.07. The summed E-state index contributed by atoms with van der Waals surface area (Å²) in [6.45, 7) is 11.4. The number of carbonyl (C=O) groups excluding carboxylic acids is 1. The van der Waals surface area contributed by atoms with E-state index in [9.17, 15) is 4.79 Å². The van der Waals surface area contributed by atoms with Crippen LogP contribution in [0.5, 0.6) is 17.2 Å². The summed E-state index contributed by atoms with van der Waals surface area (Å²) in [6.07, 6.45) is 1.86. The Morgan fingerprint density at radius 2 is 1.82 bits per heavy atom. The summed E-state index contributed by atoms with van der Waals surface area (Å²) in [5, 5.41) is 11.8. The fraction of sp³-hybridized carbons (Fsp3) is 0.414. The fourth-order valence-corrected chi connectivity index (χ4v) is 5.64. The van der Waals surface area contributed by atoms with Crippen LogP contribution in [0.25, 0.3) is 0 Å². The van der Waals surface area contributed by atoms with E-state index in [1.807, 2.05) is 57.2 Å². The molecule has 0 spiro atoms. The maximum Gasteiger partial charge on any atom is 0.255 e. The van der Waals surface area contributed by atoms with Crippen LogP contribution < -0.4 is 24.8 Å². The van der Waals surface area contributed by atoms with Crippen molar-refractivity contribution in [2.45, 2.75) is 58.7 Å². The molecule has 0 fully saturated rings. The summed E-state index contributed by atoms with van der Waals surface area (Å²) >= 11 is 5.28. The maximum atomic E-state index is 14.0. The van der Waals surface area contributed by atoms with Gasteiger partial charge in [0, 0.05) is 11.4 Å². The lowest BCUT2D eigenvalue weighted by Gasteiger charge is -2.29. The first kappa shape index (κ1) is 29.8. The molecule has 1 aliphatic heterocycles. The van der Waals surface area contributed by atoms with Gasteiger partial charge in [0.15, 0.2) is 11.5 Å². The molecule has 2 aromatic carbocycles. The molecule has 214 valence electrons. The number of para-hydroxylation sites is 2. The minimum Gasteiger partial charge on any atom is -0.492 e. The highest BCUT2D eigenvalue weighted by atomic mass is 79.9. The third-order valence-electron chi connectivity index (χ3n) is 6.05. The molecule has 0 radical (unpaired) electrons. The molecule has 0 aliphatic carbocycles. The molecule has 1 aliphatic rings. The highest BCUT2D eigenvalue weighted by Gasteiger charge is 2.35. The third-order valence-corrected chi connectivity index (χ3v) is 7.68. The van der Waals surface area contributed by atoms with Crippen LogP contribution in [0.2, 0.25) is 0 Å². The van der Waals surface area contributed by atoms with Gasteiger partial charge < -0.3 is 24.8 Å². The lowest BCUT2D eigenvalue weighted by Crippen LogP contribution is -2.31. The van der Waals surface area contributed by atoms with Gasteiger partial charge >= 0.3 is 0 Å². The highest BCUT2D eigenvalue weighted by molar-refractivity contribution is 9.10. The number of ether oxygens (including phenoxy) is 3. The number of benzene rings is 2. The molecule has 3 aromatic rings. The van der Waals surface area contributed by atoms with Gasteiger partial charge in [0.25, 0.3) is 5.91 Å². The number of hydrogen-bond donors (Lipinski definition) is 2. The standard InChI is InChI=1S/C29H36BrN5O4S/c1-6-14-39-26-20(30)16-19(17-23(26)38-9-4)25-24(27(36)32-21-12-10-11-13-22(21)37-8-3)18(5)31-28-33-29(34-35(25)28)40-15-7-2/h10-13,16-17,25H,6-9,14-15H2,1-5H3,(H,32,36)(H,31,33,34). The zero-order valence-corrected chi connectivity index (χ0v) is 25.9. The van der Waals surface area contributed by atoms with E-state index in [1.165, 1.54) is 0 Å². The molecule has 2 heterocycles. The van der Waals surface area contributed by atoms with E-state index >= 15 is 0 Å². The largest absolute Gasteiger partial charge is 0.492 e. The molecule has 11 heteroatoms. The Morgan fingerprint density at radius 1 is 1.07 bits per heavy atom. The zero-order valence-electron chi connectivity index (χ0n) is 23.5. The average Bonchev–Trinajstić information content (AvgIpc) is 3.34. The van der Waals surface area contributed by atoms with Gasteiger partial charge in [-0.1, -0.05) is 37.7 Å². The van der Waals surface area contributed by atoms with Crippen LogP contribution >= 0.6 is 27.7 Å². The Balaban J connectivity index is 1.82. The third kappa shape index (κ3) is 6.58. The highest BCUT2D eigenvalue weighted by Crippen LogP contribution is 2.43. The van der Waals surface area contributed by atoms with Crippen LogP contribution in [-0.4, -0.2) is 46.2 Å². The zero-order chi connectivity index (χ0) is 28.6. The predicted octanol–water partition coefficient (Wildman–Crippen LogP) is 7.06. The van der Waals surface area contributed by atoms with Crippen molar-refractivity contribution >= 4 is 45.2 Å². The van der Waals surface area contributed by atoms with Gasteiger partial charge in [0.1, 0.15) is 11.8 Å². The van der Waals surface area contributed by atoms with Gasteiger partial charge in [-0.25, -0.2) is 4.68 Å². The molecule has 9 nitrogen and oxygen atoms in total. The summed E-state index contributed by atoms with van der Waals surface area (Å²) in [5.41, 5.74) is 2.59. The van der Waals surface area contributed by atoms with Crippen molar-refractivity contribution < 1.29 is 19.0 Å². The Labute approximate surface area is 248 Å². The van der Waals surface area contributed by atoms with Crippen LogP contribution in [-0.2, 0) is 4.79 Å². The van der Waals surface area contributed by atoms with E-state index in [4.69, 9.17) is 24.3 Å². The lowest BCUT2D eigenvalue weighted by atomic mass is 9.94. The number of halogens is 1. The maximum absolute atomic E-state index is 14.0. The summed E-state index contributed by atoms with van der Waals surface area (Å²) in [4.78, 5) is 18.7. The molecule has 1 atom stereocenters. The van der Waals surface area contributed by atoms with Gasteiger partial charge in [0.05, 0.1) is 35.6 Å². The molecule has 1 amide bonds. The minimum absolute atomic E-state index is 0.272. The van der Waals surface area contributed by atoms with Gasteiger partial charge in [-0.05, 0) is 79.4 Å². The normalized spacial score (nSPS) is 14.4. The van der Waals surface area contributed by atoms with Gasteiger partial charge in [-0.2, -0.15) is 4.98 Å². The molecule has 4 rings (SSSR count). The van der Waals surface area contributed by atoms with Gasteiger partial charge in [-0.3, -0.25) is 4.79 Å². The van der Waals surface area contributed by atoms with Crippen molar-refractivity contribution in [3.63, 3.8) is 0 Å². The van der Waals surface area contributed by atoms with Crippen molar-refractivity contribution in [3.05, 3.63) is 57.7 Å². The number of amides is 1. The Morgan fingerprint density at radius 3 is 2.55 bits per heavy atom. The summed E-state index contributed by atoms with van der Waals surface area (Å²) < 4.78 is 20.3. The van der Waals surface area contributed by atoms with Crippen LogP contribution in [0.15, 0.2) is 57.3 Å². The number of carbonyl (C=O) groups is 1. The van der Waals surface area contributed by atoms with Crippen LogP contribution in [0.1, 0.15) is 59.1 Å². The van der Waals surface area contributed by atoms with Gasteiger partial charge in [-0.15, -0.1) is 5.10 Å². The smallest absolute Gasteiger partial charge is 0.255 e. The number of fused-ring (bicyclic) bond motifs is 1. The minimum atomic E-state index is -0.574. The van der Waals surface area contributed by atoms with Gasteiger partial charge in [0.2, 0.25) is 11.1 Å². The van der Waals surface area contributed by atoms with Crippen LogP contribution in [0.4, 0.5) is 11.6 Å². The Hall–Kier alpha value is -3.18. The monoisotopic (exact) mass is 629 g/mol. The second-order valence-corrected chi connectivity index (χ2v) is 11.0. The van der Waals surface area contributed by atoms with Crippen LogP contribution in [0, 0.1) is 0 Å². The van der Waals surface area contributed by atoms with Crippen molar-refractivity contribution in [1.82, 2.24) is 14.8 Å². The number of hydrogen-bond acceptors (Lipinski definition) is 8. The topological polar surface area (TPSA) is 99.5 Å². The Bertz CT molecular complexity index is 1380. The summed E-state index contributed by atoms with van der Waals surface area (Å²) in [7, 11) is 0. The average molecular weight is 631 g/mol. The first-order chi connectivity index (χ1) is 19.4. The van der Waals surface area contributed by atoms with E-state index in [0.717, 1.165) is 28.6 Å². The number of nitrogens with one attached hydrogen (secondary N) is 2. The molecular weight excluding hydrogens is 594 g/mol. The van der Waals surface area contributed by atoms with Crippen molar-refractivity contribution in [2.75, 3.05) is 36.2 Å². The SMILES string of the molecule is CCCOc1c(Br)cc(C2C(C(=O)Nc3ccccc3OCC)=C(C)Nc3nc(SCCC)nn32)cc1OCC. The van der Waals surface area contributed by atoms with E-state index < -0.39 is 6.04 Å². The first-order valence-corrected chi connectivity index (χ1v) is 15.4. The molecular formula is C29H36BrN5O4S. The number of anilines is 2. The lowest BCUT2D eigenvalue weighted by molar-refractivity contribution is -0.113. The number of thioether (sulfide) groups is 1. The molecule has 0 saturated carbocycles. The Kier molecular flexibility index (Phi) is 10.4. The molecule has 2 N–H and O–H groups in total. The van der Waals surface area contributed by atoms with E-state index in [2.05, 4.69) is 40.4 Å². The first-order valence-electron chi connectivity index (χ1n) is 13.6. The van der Waals surface area contributed by atoms with Crippen molar-refractivity contribution in [2.24, 2.45) is 0 Å². The molecule has 1 unspecified atom stereocenters. The van der Waals surface area contributed by atoms with Crippen LogP contribution in [0.3, 0.4) is 0 Å². The molecule has 40 heavy (non-hydrogen) atoms. The summed E-state index contributed by atoms with van der Waals surface area (Å²) in [5.74, 6) is 3.04. The molecule has 1 aromatic heterocycles. The molecule has 0 bridgehead atoms. The summed E-state index contributed by atoms with van der Waals surface area (Å²) in [6, 6.07) is 10.7.